The molecule has 0 unspecified atom stereocenters. The highest BCUT2D eigenvalue weighted by molar-refractivity contribution is 5.85. The first-order valence-electron chi connectivity index (χ1n) is 9.34. The van der Waals surface area contributed by atoms with E-state index < -0.39 is 4.92 Å². The molecule has 27 heavy (non-hydrogen) atoms. The third-order valence-corrected chi connectivity index (χ3v) is 5.03. The van der Waals surface area contributed by atoms with E-state index in [1.54, 1.807) is 12.1 Å². The number of benzene rings is 2. The second-order valence-electron chi connectivity index (χ2n) is 6.95. The Labute approximate surface area is 166 Å². The zero-order chi connectivity index (χ0) is 18.2. The second kappa shape index (κ2) is 10.9. The van der Waals surface area contributed by atoms with E-state index in [1.165, 1.54) is 50.0 Å². The molecule has 0 aromatic heterocycles. The fourth-order valence-corrected chi connectivity index (χ4v) is 3.50. The summed E-state index contributed by atoms with van der Waals surface area (Å²) in [5.41, 5.74) is 1.49. The summed E-state index contributed by atoms with van der Waals surface area (Å²) in [4.78, 5) is 12.8. The van der Waals surface area contributed by atoms with E-state index >= 15 is 0 Å². The van der Waals surface area contributed by atoms with E-state index in [-0.39, 0.29) is 18.1 Å². The van der Waals surface area contributed by atoms with Crippen LogP contribution >= 0.6 is 12.4 Å². The first kappa shape index (κ1) is 21.2. The summed E-state index contributed by atoms with van der Waals surface area (Å²) in [6.45, 7) is 4.06. The molecular formula is C21H27ClN2O3. The van der Waals surface area contributed by atoms with Gasteiger partial charge in [0.15, 0.2) is 0 Å². The van der Waals surface area contributed by atoms with Crippen LogP contribution in [0.5, 0.6) is 5.75 Å². The van der Waals surface area contributed by atoms with Crippen LogP contribution in [0, 0.1) is 16.0 Å². The van der Waals surface area contributed by atoms with Gasteiger partial charge in [0.1, 0.15) is 5.75 Å². The molecule has 3 rings (SSSR count). The molecule has 1 heterocycles. The molecule has 1 aliphatic heterocycles. The monoisotopic (exact) mass is 390 g/mol. The Hall–Kier alpha value is -2.11. The van der Waals surface area contributed by atoms with Crippen molar-refractivity contribution in [1.29, 1.82) is 0 Å². The number of nitro groups is 1. The van der Waals surface area contributed by atoms with Gasteiger partial charge in [-0.05, 0) is 62.4 Å². The van der Waals surface area contributed by atoms with Crippen molar-refractivity contribution in [2.75, 3.05) is 19.7 Å². The van der Waals surface area contributed by atoms with Crippen molar-refractivity contribution in [1.82, 2.24) is 4.90 Å². The van der Waals surface area contributed by atoms with E-state index in [4.69, 9.17) is 4.74 Å². The van der Waals surface area contributed by atoms with Gasteiger partial charge in [-0.2, -0.15) is 0 Å². The molecule has 0 N–H and O–H groups in total. The Morgan fingerprint density at radius 3 is 2.33 bits per heavy atom. The molecule has 2 aromatic rings. The summed E-state index contributed by atoms with van der Waals surface area (Å²) >= 11 is 0. The summed E-state index contributed by atoms with van der Waals surface area (Å²) in [6.07, 6.45) is 4.72. The normalized spacial score (nSPS) is 15.1. The summed E-state index contributed by atoms with van der Waals surface area (Å²) in [6, 6.07) is 17.0. The number of nitrogens with zero attached hydrogens (tertiary/aromatic N) is 2. The number of hydrogen-bond donors (Lipinski definition) is 0. The zero-order valence-corrected chi connectivity index (χ0v) is 16.3. The number of piperidine rings is 1. The van der Waals surface area contributed by atoms with Gasteiger partial charge in [-0.1, -0.05) is 30.3 Å². The molecule has 2 aromatic carbocycles. The topological polar surface area (TPSA) is 55.6 Å². The maximum absolute atomic E-state index is 10.6. The van der Waals surface area contributed by atoms with Crippen LogP contribution in [0.4, 0.5) is 5.69 Å². The van der Waals surface area contributed by atoms with Gasteiger partial charge in [-0.3, -0.25) is 15.0 Å². The zero-order valence-electron chi connectivity index (χ0n) is 15.5. The van der Waals surface area contributed by atoms with E-state index in [1.807, 2.05) is 0 Å². The van der Waals surface area contributed by atoms with Crippen molar-refractivity contribution in [2.45, 2.75) is 32.2 Å². The van der Waals surface area contributed by atoms with Crippen LogP contribution in [-0.4, -0.2) is 29.5 Å². The van der Waals surface area contributed by atoms with Gasteiger partial charge in [0.25, 0.3) is 5.69 Å². The molecule has 1 aliphatic rings. The van der Waals surface area contributed by atoms with Crippen molar-refractivity contribution in [3.05, 3.63) is 70.3 Å². The van der Waals surface area contributed by atoms with Gasteiger partial charge in [0, 0.05) is 18.7 Å². The van der Waals surface area contributed by atoms with Crippen molar-refractivity contribution in [3.63, 3.8) is 0 Å². The smallest absolute Gasteiger partial charge is 0.269 e. The van der Waals surface area contributed by atoms with E-state index in [0.29, 0.717) is 12.4 Å². The van der Waals surface area contributed by atoms with Gasteiger partial charge in [-0.25, -0.2) is 0 Å². The highest BCUT2D eigenvalue weighted by atomic mass is 35.5. The molecule has 6 heteroatoms. The predicted octanol–water partition coefficient (Wildman–Crippen LogP) is 5.09. The molecule has 0 saturated carbocycles. The lowest BCUT2D eigenvalue weighted by Gasteiger charge is -2.32. The van der Waals surface area contributed by atoms with Crippen LogP contribution in [0.15, 0.2) is 54.6 Å². The number of likely N-dealkylation sites (tertiary alicyclic amines) is 1. The largest absolute Gasteiger partial charge is 0.494 e. The van der Waals surface area contributed by atoms with Gasteiger partial charge >= 0.3 is 0 Å². The molecule has 0 atom stereocenters. The predicted molar refractivity (Wildman–Crippen MR) is 110 cm³/mol. The third-order valence-electron chi connectivity index (χ3n) is 5.03. The highest BCUT2D eigenvalue weighted by Crippen LogP contribution is 2.23. The van der Waals surface area contributed by atoms with Crippen LogP contribution in [0.3, 0.4) is 0 Å². The number of halogens is 1. The van der Waals surface area contributed by atoms with Crippen molar-refractivity contribution >= 4 is 18.1 Å². The quantitative estimate of drug-likeness (QED) is 0.358. The molecule has 0 radical (unpaired) electrons. The molecule has 1 saturated heterocycles. The van der Waals surface area contributed by atoms with Crippen molar-refractivity contribution < 1.29 is 9.66 Å². The number of nitro benzene ring substituents is 1. The van der Waals surface area contributed by atoms with Gasteiger partial charge in [-0.15, -0.1) is 12.4 Å². The van der Waals surface area contributed by atoms with Crippen LogP contribution < -0.4 is 4.74 Å². The number of non-ortho nitro benzene ring substituents is 1. The molecular weight excluding hydrogens is 364 g/mol. The molecule has 0 amide bonds. The van der Waals surface area contributed by atoms with Crippen LogP contribution in [0.2, 0.25) is 0 Å². The number of ether oxygens (including phenoxy) is 1. The summed E-state index contributed by atoms with van der Waals surface area (Å²) in [5, 5.41) is 10.6. The number of rotatable bonds is 8. The van der Waals surface area contributed by atoms with Gasteiger partial charge in [0.05, 0.1) is 11.5 Å². The number of hydrogen-bond acceptors (Lipinski definition) is 4. The maximum atomic E-state index is 10.6. The summed E-state index contributed by atoms with van der Waals surface area (Å²) < 4.78 is 5.70. The molecule has 0 bridgehead atoms. The van der Waals surface area contributed by atoms with E-state index in [2.05, 4.69) is 35.2 Å². The van der Waals surface area contributed by atoms with E-state index in [0.717, 1.165) is 18.9 Å². The lowest BCUT2D eigenvalue weighted by Crippen LogP contribution is -2.33. The Morgan fingerprint density at radius 2 is 1.70 bits per heavy atom. The van der Waals surface area contributed by atoms with Crippen LogP contribution in [-0.2, 0) is 6.54 Å². The van der Waals surface area contributed by atoms with Gasteiger partial charge in [0.2, 0.25) is 0 Å². The highest BCUT2D eigenvalue weighted by Gasteiger charge is 2.18. The first-order chi connectivity index (χ1) is 12.7. The molecule has 0 aliphatic carbocycles. The third kappa shape index (κ3) is 6.85. The lowest BCUT2D eigenvalue weighted by atomic mass is 9.92. The minimum absolute atomic E-state index is 0. The Balaban J connectivity index is 0.00000261. The second-order valence-corrected chi connectivity index (χ2v) is 6.95. The first-order valence-corrected chi connectivity index (χ1v) is 9.34. The lowest BCUT2D eigenvalue weighted by molar-refractivity contribution is -0.384. The van der Waals surface area contributed by atoms with Crippen LogP contribution in [0.1, 0.15) is 31.2 Å². The summed E-state index contributed by atoms with van der Waals surface area (Å²) in [5.74, 6) is 1.48. The minimum atomic E-state index is -0.395. The van der Waals surface area contributed by atoms with E-state index in [9.17, 15) is 10.1 Å². The Morgan fingerprint density at radius 1 is 1.04 bits per heavy atom. The Kier molecular flexibility index (Phi) is 8.55. The standard InChI is InChI=1S/C21H26N2O3.ClH/c24-23(25)20-8-10-21(11-9-20)26-16-4-7-18-12-14-22(15-13-18)17-19-5-2-1-3-6-19;/h1-3,5-6,8-11,18H,4,7,12-17H2;1H. The Bertz CT molecular complexity index is 686. The summed E-state index contributed by atoms with van der Waals surface area (Å²) in [7, 11) is 0. The average molecular weight is 391 g/mol. The molecule has 0 spiro atoms. The maximum Gasteiger partial charge on any atom is 0.269 e. The molecule has 146 valence electrons. The SMILES string of the molecule is Cl.O=[N+]([O-])c1ccc(OCCCC2CCN(Cc3ccccc3)CC2)cc1. The van der Waals surface area contributed by atoms with Gasteiger partial charge < -0.3 is 4.74 Å². The minimum Gasteiger partial charge on any atom is -0.494 e. The van der Waals surface area contributed by atoms with Crippen LogP contribution in [0.25, 0.3) is 0 Å². The molecule has 5 nitrogen and oxygen atoms in total. The fraction of sp³-hybridized carbons (Fsp3) is 0.429. The molecule has 1 fully saturated rings. The van der Waals surface area contributed by atoms with Crippen molar-refractivity contribution in [2.24, 2.45) is 5.92 Å². The van der Waals surface area contributed by atoms with Crippen molar-refractivity contribution in [3.8, 4) is 5.75 Å². The fourth-order valence-electron chi connectivity index (χ4n) is 3.50. The average Bonchev–Trinajstić information content (AvgIpc) is 2.68.